The highest BCUT2D eigenvalue weighted by atomic mass is 79.9. The van der Waals surface area contributed by atoms with Crippen LogP contribution in [-0.4, -0.2) is 11.1 Å². The first-order valence-electron chi connectivity index (χ1n) is 8.63. The summed E-state index contributed by atoms with van der Waals surface area (Å²) in [5.74, 6) is 0.563. The van der Waals surface area contributed by atoms with Gasteiger partial charge in [-0.3, -0.25) is 15.5 Å². The summed E-state index contributed by atoms with van der Waals surface area (Å²) in [6, 6.07) is 17.7. The maximum absolute atomic E-state index is 10.7. The maximum atomic E-state index is 10.7. The van der Waals surface area contributed by atoms with Gasteiger partial charge in [-0.2, -0.15) is 5.10 Å². The van der Waals surface area contributed by atoms with Crippen LogP contribution in [0.5, 0.6) is 5.75 Å². The number of hydrogen-bond acceptors (Lipinski definition) is 5. The van der Waals surface area contributed by atoms with Crippen LogP contribution in [0.3, 0.4) is 0 Å². The Morgan fingerprint density at radius 3 is 2.48 bits per heavy atom. The largest absolute Gasteiger partial charge is 0.486 e. The molecule has 1 N–H and O–H groups in total. The summed E-state index contributed by atoms with van der Waals surface area (Å²) in [6.45, 7) is 2.45. The topological polar surface area (TPSA) is 76.8 Å². The molecule has 0 aliphatic rings. The average molecular weight is 475 g/mol. The minimum atomic E-state index is -0.449. The summed E-state index contributed by atoms with van der Waals surface area (Å²) in [7, 11) is 0. The van der Waals surface area contributed by atoms with Gasteiger partial charge >= 0.3 is 0 Å². The van der Waals surface area contributed by atoms with Gasteiger partial charge in [0.15, 0.2) is 5.75 Å². The number of nitro benzene ring substituents is 1. The van der Waals surface area contributed by atoms with E-state index in [-0.39, 0.29) is 5.69 Å². The number of anilines is 1. The third-order valence-corrected chi connectivity index (χ3v) is 4.88. The Hall–Kier alpha value is -2.90. The standard InChI is InChI=1S/C21H17BrClN3O3/c1-14-2-4-15(5-3-14)13-29-21-19(22)10-16(11-20(21)23)12-24-25-17-6-8-18(9-7-17)26(27)28/h2-12,25H,13H2,1H3/b24-12+. The summed E-state index contributed by atoms with van der Waals surface area (Å²) in [5, 5.41) is 15.3. The zero-order chi connectivity index (χ0) is 20.8. The van der Waals surface area contributed by atoms with Gasteiger partial charge in [-0.25, -0.2) is 0 Å². The number of benzene rings is 3. The van der Waals surface area contributed by atoms with Crippen LogP contribution in [0.25, 0.3) is 0 Å². The SMILES string of the molecule is Cc1ccc(COc2c(Cl)cc(/C=N/Nc3ccc([N+](=O)[O-])cc3)cc2Br)cc1. The molecule has 0 aliphatic carbocycles. The number of rotatable bonds is 7. The quantitative estimate of drug-likeness (QED) is 0.246. The third-order valence-electron chi connectivity index (χ3n) is 4.01. The van der Waals surface area contributed by atoms with E-state index in [1.807, 2.05) is 37.3 Å². The number of non-ortho nitro benzene ring substituents is 1. The van der Waals surface area contributed by atoms with Crippen molar-refractivity contribution in [2.45, 2.75) is 13.5 Å². The molecule has 0 bridgehead atoms. The van der Waals surface area contributed by atoms with Gasteiger partial charge < -0.3 is 4.74 Å². The van der Waals surface area contributed by atoms with Crippen LogP contribution < -0.4 is 10.2 Å². The molecular formula is C21H17BrClN3O3. The lowest BCUT2D eigenvalue weighted by molar-refractivity contribution is -0.384. The maximum Gasteiger partial charge on any atom is 0.269 e. The van der Waals surface area contributed by atoms with Gasteiger partial charge in [0, 0.05) is 12.1 Å². The first kappa shape index (κ1) is 20.8. The number of hydrazone groups is 1. The number of nitro groups is 1. The normalized spacial score (nSPS) is 10.9. The molecule has 0 aliphatic heterocycles. The molecule has 0 radical (unpaired) electrons. The lowest BCUT2D eigenvalue weighted by Gasteiger charge is -2.11. The lowest BCUT2D eigenvalue weighted by atomic mass is 10.2. The van der Waals surface area contributed by atoms with Crippen LogP contribution in [0.1, 0.15) is 16.7 Å². The van der Waals surface area contributed by atoms with Crippen molar-refractivity contribution in [3.05, 3.63) is 97.0 Å². The number of ether oxygens (including phenoxy) is 1. The van der Waals surface area contributed by atoms with E-state index in [0.717, 1.165) is 11.1 Å². The van der Waals surface area contributed by atoms with E-state index in [0.29, 0.717) is 27.5 Å². The van der Waals surface area contributed by atoms with E-state index in [1.165, 1.54) is 17.7 Å². The van der Waals surface area contributed by atoms with Crippen molar-refractivity contribution in [3.63, 3.8) is 0 Å². The fraction of sp³-hybridized carbons (Fsp3) is 0.0952. The fourth-order valence-electron chi connectivity index (χ4n) is 2.47. The summed E-state index contributed by atoms with van der Waals surface area (Å²) in [5.41, 5.74) is 6.49. The lowest BCUT2D eigenvalue weighted by Crippen LogP contribution is -1.98. The molecule has 0 fully saturated rings. The molecule has 0 atom stereocenters. The summed E-state index contributed by atoms with van der Waals surface area (Å²) in [6.07, 6.45) is 1.60. The molecule has 3 rings (SSSR count). The van der Waals surface area contributed by atoms with Crippen molar-refractivity contribution in [2.24, 2.45) is 5.10 Å². The third kappa shape index (κ3) is 5.79. The number of nitrogens with one attached hydrogen (secondary N) is 1. The molecular weight excluding hydrogens is 458 g/mol. The molecule has 0 amide bonds. The predicted octanol–water partition coefficient (Wildman–Crippen LogP) is 6.34. The van der Waals surface area contributed by atoms with Gasteiger partial charge in [0.25, 0.3) is 5.69 Å². The minimum absolute atomic E-state index is 0.0245. The Morgan fingerprint density at radius 1 is 1.17 bits per heavy atom. The van der Waals surface area contributed by atoms with Gasteiger partial charge in [-0.05, 0) is 58.2 Å². The van der Waals surface area contributed by atoms with E-state index in [4.69, 9.17) is 16.3 Å². The Balaban J connectivity index is 1.64. The highest BCUT2D eigenvalue weighted by Crippen LogP contribution is 2.34. The van der Waals surface area contributed by atoms with Gasteiger partial charge in [0.2, 0.25) is 0 Å². The van der Waals surface area contributed by atoms with Gasteiger partial charge in [-0.1, -0.05) is 41.4 Å². The minimum Gasteiger partial charge on any atom is -0.486 e. The smallest absolute Gasteiger partial charge is 0.269 e. The van der Waals surface area contributed by atoms with Gasteiger partial charge in [0.05, 0.1) is 26.3 Å². The monoisotopic (exact) mass is 473 g/mol. The predicted molar refractivity (Wildman–Crippen MR) is 119 cm³/mol. The second-order valence-corrected chi connectivity index (χ2v) is 7.52. The first-order chi connectivity index (χ1) is 13.9. The van der Waals surface area contributed by atoms with Crippen LogP contribution in [0, 0.1) is 17.0 Å². The van der Waals surface area contributed by atoms with Crippen LogP contribution in [0.4, 0.5) is 11.4 Å². The summed E-state index contributed by atoms with van der Waals surface area (Å²) < 4.78 is 6.58. The Bertz CT molecular complexity index is 1020. The van der Waals surface area contributed by atoms with Crippen molar-refractivity contribution in [2.75, 3.05) is 5.43 Å². The number of aryl methyl sites for hydroxylation is 1. The van der Waals surface area contributed by atoms with Gasteiger partial charge in [-0.15, -0.1) is 0 Å². The molecule has 3 aromatic carbocycles. The first-order valence-corrected chi connectivity index (χ1v) is 9.80. The summed E-state index contributed by atoms with van der Waals surface area (Å²) in [4.78, 5) is 10.2. The van der Waals surface area contributed by atoms with E-state index >= 15 is 0 Å². The van der Waals surface area contributed by atoms with Crippen molar-refractivity contribution in [1.82, 2.24) is 0 Å². The second kappa shape index (κ2) is 9.54. The van der Waals surface area contributed by atoms with Crippen molar-refractivity contribution >= 4 is 45.1 Å². The van der Waals surface area contributed by atoms with Crippen LogP contribution in [-0.2, 0) is 6.61 Å². The fourth-order valence-corrected chi connectivity index (χ4v) is 3.46. The van der Waals surface area contributed by atoms with E-state index < -0.39 is 4.92 Å². The molecule has 0 heterocycles. The van der Waals surface area contributed by atoms with Crippen LogP contribution in [0.15, 0.2) is 70.2 Å². The molecule has 8 heteroatoms. The van der Waals surface area contributed by atoms with Crippen molar-refractivity contribution in [3.8, 4) is 5.75 Å². The van der Waals surface area contributed by atoms with Crippen molar-refractivity contribution < 1.29 is 9.66 Å². The zero-order valence-electron chi connectivity index (χ0n) is 15.4. The molecule has 29 heavy (non-hydrogen) atoms. The highest BCUT2D eigenvalue weighted by Gasteiger charge is 2.09. The molecule has 3 aromatic rings. The zero-order valence-corrected chi connectivity index (χ0v) is 17.8. The van der Waals surface area contributed by atoms with E-state index in [9.17, 15) is 10.1 Å². The van der Waals surface area contributed by atoms with Crippen molar-refractivity contribution in [1.29, 1.82) is 0 Å². The molecule has 0 spiro atoms. The van der Waals surface area contributed by atoms with Gasteiger partial charge in [0.1, 0.15) is 6.61 Å². The van der Waals surface area contributed by atoms with Crippen LogP contribution in [0.2, 0.25) is 5.02 Å². The number of nitrogens with zero attached hydrogens (tertiary/aromatic N) is 2. The Morgan fingerprint density at radius 2 is 1.86 bits per heavy atom. The van der Waals surface area contributed by atoms with E-state index in [1.54, 1.807) is 24.4 Å². The molecule has 0 unspecified atom stereocenters. The molecule has 0 aromatic heterocycles. The summed E-state index contributed by atoms with van der Waals surface area (Å²) >= 11 is 9.85. The highest BCUT2D eigenvalue weighted by molar-refractivity contribution is 9.10. The number of halogens is 2. The molecule has 0 saturated carbocycles. The molecule has 6 nitrogen and oxygen atoms in total. The Kier molecular flexibility index (Phi) is 6.85. The van der Waals surface area contributed by atoms with E-state index in [2.05, 4.69) is 26.5 Å². The number of hydrogen-bond donors (Lipinski definition) is 1. The second-order valence-electron chi connectivity index (χ2n) is 6.26. The molecule has 148 valence electrons. The Labute approximate surface area is 181 Å². The average Bonchev–Trinajstić information content (AvgIpc) is 2.69. The molecule has 0 saturated heterocycles. The van der Waals surface area contributed by atoms with Crippen LogP contribution >= 0.6 is 27.5 Å².